The highest BCUT2D eigenvalue weighted by atomic mass is 79.9. The highest BCUT2D eigenvalue weighted by Crippen LogP contribution is 2.32. The van der Waals surface area contributed by atoms with Gasteiger partial charge in [-0.15, -0.1) is 0 Å². The SMILES string of the molecule is CCOc1cccc(CBr)c1OCCOCCOC. The van der Waals surface area contributed by atoms with Crippen molar-refractivity contribution in [2.24, 2.45) is 0 Å². The predicted octanol–water partition coefficient (Wildman–Crippen LogP) is 3.02. The first-order valence-corrected chi connectivity index (χ1v) is 7.45. The lowest BCUT2D eigenvalue weighted by Crippen LogP contribution is -2.11. The molecule has 0 fully saturated rings. The van der Waals surface area contributed by atoms with Crippen LogP contribution in [-0.2, 0) is 14.8 Å². The molecule has 0 saturated carbocycles. The van der Waals surface area contributed by atoms with Crippen molar-refractivity contribution in [1.82, 2.24) is 0 Å². The zero-order valence-electron chi connectivity index (χ0n) is 11.5. The summed E-state index contributed by atoms with van der Waals surface area (Å²) < 4.78 is 21.6. The molecule has 108 valence electrons. The monoisotopic (exact) mass is 332 g/mol. The van der Waals surface area contributed by atoms with Gasteiger partial charge in [-0.1, -0.05) is 28.1 Å². The minimum absolute atomic E-state index is 0.494. The van der Waals surface area contributed by atoms with Gasteiger partial charge in [-0.3, -0.25) is 0 Å². The molecule has 1 rings (SSSR count). The minimum atomic E-state index is 0.494. The van der Waals surface area contributed by atoms with Crippen molar-refractivity contribution in [1.29, 1.82) is 0 Å². The third kappa shape index (κ3) is 5.80. The number of methoxy groups -OCH3 is 1. The lowest BCUT2D eigenvalue weighted by atomic mass is 10.2. The Morgan fingerprint density at radius 1 is 1.05 bits per heavy atom. The number of benzene rings is 1. The van der Waals surface area contributed by atoms with E-state index in [0.29, 0.717) is 33.0 Å². The smallest absolute Gasteiger partial charge is 0.165 e. The van der Waals surface area contributed by atoms with Crippen LogP contribution in [-0.4, -0.2) is 40.1 Å². The molecule has 5 heteroatoms. The largest absolute Gasteiger partial charge is 0.490 e. The lowest BCUT2D eigenvalue weighted by molar-refractivity contribution is 0.0537. The van der Waals surface area contributed by atoms with E-state index in [2.05, 4.69) is 15.9 Å². The van der Waals surface area contributed by atoms with Gasteiger partial charge < -0.3 is 18.9 Å². The number of rotatable bonds is 10. The number of para-hydroxylation sites is 1. The quantitative estimate of drug-likeness (QED) is 0.487. The average molecular weight is 333 g/mol. The first-order chi connectivity index (χ1) is 9.33. The summed E-state index contributed by atoms with van der Waals surface area (Å²) in [5.74, 6) is 1.56. The van der Waals surface area contributed by atoms with E-state index in [1.54, 1.807) is 7.11 Å². The third-order valence-electron chi connectivity index (χ3n) is 2.41. The highest BCUT2D eigenvalue weighted by molar-refractivity contribution is 9.08. The summed E-state index contributed by atoms with van der Waals surface area (Å²) in [6.07, 6.45) is 0. The van der Waals surface area contributed by atoms with Gasteiger partial charge in [0.2, 0.25) is 0 Å². The Labute approximate surface area is 123 Å². The van der Waals surface area contributed by atoms with Gasteiger partial charge >= 0.3 is 0 Å². The van der Waals surface area contributed by atoms with Gasteiger partial charge in [-0.05, 0) is 13.0 Å². The molecule has 0 atom stereocenters. The number of hydrogen-bond acceptors (Lipinski definition) is 4. The molecule has 19 heavy (non-hydrogen) atoms. The second-order valence-electron chi connectivity index (χ2n) is 3.76. The Bertz CT molecular complexity index is 357. The molecule has 0 aromatic heterocycles. The van der Waals surface area contributed by atoms with Crippen LogP contribution >= 0.6 is 15.9 Å². The summed E-state index contributed by atoms with van der Waals surface area (Å²) in [5, 5.41) is 0.730. The van der Waals surface area contributed by atoms with E-state index in [4.69, 9.17) is 18.9 Å². The molecule has 0 amide bonds. The van der Waals surface area contributed by atoms with Crippen molar-refractivity contribution in [3.63, 3.8) is 0 Å². The fourth-order valence-electron chi connectivity index (χ4n) is 1.55. The van der Waals surface area contributed by atoms with Crippen LogP contribution in [0.2, 0.25) is 0 Å². The zero-order chi connectivity index (χ0) is 13.9. The molecule has 0 aliphatic heterocycles. The summed E-state index contributed by atoms with van der Waals surface area (Å²) in [4.78, 5) is 0. The van der Waals surface area contributed by atoms with Gasteiger partial charge in [0, 0.05) is 18.0 Å². The summed E-state index contributed by atoms with van der Waals surface area (Å²) >= 11 is 3.45. The minimum Gasteiger partial charge on any atom is -0.490 e. The second-order valence-corrected chi connectivity index (χ2v) is 4.33. The highest BCUT2D eigenvalue weighted by Gasteiger charge is 2.09. The fraction of sp³-hybridized carbons (Fsp3) is 0.571. The topological polar surface area (TPSA) is 36.9 Å². The molecule has 0 bridgehead atoms. The van der Waals surface area contributed by atoms with Crippen molar-refractivity contribution in [3.05, 3.63) is 23.8 Å². The summed E-state index contributed by atoms with van der Waals surface area (Å²) in [5.41, 5.74) is 1.07. The Balaban J connectivity index is 2.50. The number of hydrogen-bond donors (Lipinski definition) is 0. The molecular formula is C14H21BrO4. The van der Waals surface area contributed by atoms with Crippen LogP contribution in [0.1, 0.15) is 12.5 Å². The van der Waals surface area contributed by atoms with Gasteiger partial charge in [0.25, 0.3) is 0 Å². The van der Waals surface area contributed by atoms with E-state index >= 15 is 0 Å². The number of alkyl halides is 1. The Hall–Kier alpha value is -0.780. The van der Waals surface area contributed by atoms with E-state index in [-0.39, 0.29) is 0 Å². The molecule has 0 unspecified atom stereocenters. The van der Waals surface area contributed by atoms with Crippen LogP contribution in [0.3, 0.4) is 0 Å². The molecule has 0 spiro atoms. The van der Waals surface area contributed by atoms with Crippen LogP contribution in [0.25, 0.3) is 0 Å². The molecule has 0 saturated heterocycles. The van der Waals surface area contributed by atoms with Crippen molar-refractivity contribution in [2.75, 3.05) is 40.1 Å². The molecule has 0 aliphatic rings. The summed E-state index contributed by atoms with van der Waals surface area (Å²) in [7, 11) is 1.65. The molecule has 1 aromatic rings. The Kier molecular flexibility index (Phi) is 8.62. The molecule has 0 radical (unpaired) electrons. The average Bonchev–Trinajstić information content (AvgIpc) is 2.44. The van der Waals surface area contributed by atoms with Gasteiger partial charge in [-0.2, -0.15) is 0 Å². The predicted molar refractivity (Wildman–Crippen MR) is 78.4 cm³/mol. The maximum absolute atomic E-state index is 5.77. The van der Waals surface area contributed by atoms with E-state index in [9.17, 15) is 0 Å². The number of ether oxygens (including phenoxy) is 4. The van der Waals surface area contributed by atoms with Crippen LogP contribution < -0.4 is 9.47 Å². The Morgan fingerprint density at radius 2 is 1.84 bits per heavy atom. The van der Waals surface area contributed by atoms with Crippen molar-refractivity contribution >= 4 is 15.9 Å². The lowest BCUT2D eigenvalue weighted by Gasteiger charge is -2.15. The van der Waals surface area contributed by atoms with Gasteiger partial charge in [0.05, 0.1) is 26.4 Å². The molecular weight excluding hydrogens is 312 g/mol. The van der Waals surface area contributed by atoms with E-state index in [1.807, 2.05) is 25.1 Å². The van der Waals surface area contributed by atoms with Gasteiger partial charge in [0.15, 0.2) is 11.5 Å². The first-order valence-electron chi connectivity index (χ1n) is 6.33. The standard InChI is InChI=1S/C14H21BrO4/c1-3-18-13-6-4-5-12(11-15)14(13)19-10-9-17-8-7-16-2/h4-6H,3,7-11H2,1-2H3. The van der Waals surface area contributed by atoms with Crippen molar-refractivity contribution < 1.29 is 18.9 Å². The van der Waals surface area contributed by atoms with Crippen molar-refractivity contribution in [2.45, 2.75) is 12.3 Å². The number of halogens is 1. The van der Waals surface area contributed by atoms with E-state index < -0.39 is 0 Å². The second kappa shape index (κ2) is 10.1. The molecule has 0 heterocycles. The Morgan fingerprint density at radius 3 is 2.53 bits per heavy atom. The maximum Gasteiger partial charge on any atom is 0.165 e. The molecule has 1 aromatic carbocycles. The van der Waals surface area contributed by atoms with Gasteiger partial charge in [-0.25, -0.2) is 0 Å². The van der Waals surface area contributed by atoms with Crippen LogP contribution in [0.5, 0.6) is 11.5 Å². The third-order valence-corrected chi connectivity index (χ3v) is 3.01. The molecule has 0 aliphatic carbocycles. The van der Waals surface area contributed by atoms with Crippen LogP contribution in [0.15, 0.2) is 18.2 Å². The molecule has 0 N–H and O–H groups in total. The first kappa shape index (κ1) is 16.3. The summed E-state index contributed by atoms with van der Waals surface area (Å²) in [6.45, 7) is 4.78. The van der Waals surface area contributed by atoms with E-state index in [1.165, 1.54) is 0 Å². The normalized spacial score (nSPS) is 10.5. The fourth-order valence-corrected chi connectivity index (χ4v) is 1.99. The zero-order valence-corrected chi connectivity index (χ0v) is 13.1. The van der Waals surface area contributed by atoms with Crippen LogP contribution in [0.4, 0.5) is 0 Å². The summed E-state index contributed by atoms with van der Waals surface area (Å²) in [6, 6.07) is 5.89. The van der Waals surface area contributed by atoms with Gasteiger partial charge in [0.1, 0.15) is 6.61 Å². The van der Waals surface area contributed by atoms with Crippen LogP contribution in [0, 0.1) is 0 Å². The van der Waals surface area contributed by atoms with Crippen molar-refractivity contribution in [3.8, 4) is 11.5 Å². The maximum atomic E-state index is 5.77. The molecule has 4 nitrogen and oxygen atoms in total. The van der Waals surface area contributed by atoms with E-state index in [0.717, 1.165) is 22.4 Å².